The maximum atomic E-state index is 12.3. The van der Waals surface area contributed by atoms with E-state index in [2.05, 4.69) is 50.9 Å². The predicted molar refractivity (Wildman–Crippen MR) is 196 cm³/mol. The molecular formula is C44H54ClNO5. The van der Waals surface area contributed by atoms with E-state index in [1.54, 1.807) is 5.57 Å². The first-order valence-electron chi connectivity index (χ1n) is 19.8. The van der Waals surface area contributed by atoms with Crippen LogP contribution >= 0.6 is 11.6 Å². The van der Waals surface area contributed by atoms with Crippen molar-refractivity contribution in [3.05, 3.63) is 45.9 Å². The molecule has 9 aliphatic rings. The molecule has 1 aromatic rings. The first kappa shape index (κ1) is 34.3. The Morgan fingerprint density at radius 1 is 0.941 bits per heavy atom. The quantitative estimate of drug-likeness (QED) is 0.285. The van der Waals surface area contributed by atoms with Crippen molar-refractivity contribution in [2.24, 2.45) is 69.0 Å². The van der Waals surface area contributed by atoms with E-state index in [0.29, 0.717) is 36.0 Å². The summed E-state index contributed by atoms with van der Waals surface area (Å²) in [6, 6.07) is 0. The Kier molecular flexibility index (Phi) is 7.28. The number of fused-ring (bicyclic) bond motifs is 13. The average molecular weight is 712 g/mol. The van der Waals surface area contributed by atoms with Crippen LogP contribution < -0.4 is 0 Å². The number of aliphatic hydroxyl groups is 2. The number of halogens is 1. The van der Waals surface area contributed by atoms with E-state index < -0.39 is 11.2 Å². The van der Waals surface area contributed by atoms with Crippen LogP contribution in [0.4, 0.5) is 0 Å². The maximum Gasteiger partial charge on any atom is 0.162 e. The molecule has 272 valence electrons. The van der Waals surface area contributed by atoms with Gasteiger partial charge in [0.05, 0.1) is 6.20 Å². The molecule has 6 nitrogen and oxygen atoms in total. The second-order valence-electron chi connectivity index (χ2n) is 19.3. The van der Waals surface area contributed by atoms with Gasteiger partial charge in [-0.15, -0.1) is 6.42 Å². The third-order valence-electron chi connectivity index (χ3n) is 17.9. The van der Waals surface area contributed by atoms with E-state index in [1.807, 2.05) is 12.3 Å². The molecule has 0 aliphatic heterocycles. The molecule has 2 N–H and O–H groups in total. The van der Waals surface area contributed by atoms with E-state index >= 15 is 0 Å². The van der Waals surface area contributed by atoms with Crippen molar-refractivity contribution in [3.63, 3.8) is 0 Å². The van der Waals surface area contributed by atoms with Crippen LogP contribution in [0, 0.1) is 81.3 Å². The second-order valence-corrected chi connectivity index (χ2v) is 19.7. The summed E-state index contributed by atoms with van der Waals surface area (Å²) in [6.07, 6.45) is 25.6. The molecule has 9 aliphatic carbocycles. The largest absolute Gasteiger partial charge is 0.382 e. The zero-order chi connectivity index (χ0) is 36.1. The van der Waals surface area contributed by atoms with Crippen LogP contribution in [0.15, 0.2) is 39.1 Å². The monoisotopic (exact) mass is 711 g/mol. The molecule has 1 aromatic heterocycles. The number of ketones is 2. The number of nitrogens with zero attached hydrogens (tertiary/aromatic N) is 1. The highest BCUT2D eigenvalue weighted by molar-refractivity contribution is 6.32. The Morgan fingerprint density at radius 2 is 1.65 bits per heavy atom. The lowest BCUT2D eigenvalue weighted by Crippen LogP contribution is -2.56. The average Bonchev–Trinajstić information content (AvgIpc) is 3.63. The summed E-state index contributed by atoms with van der Waals surface area (Å²) in [7, 11) is 0. The van der Waals surface area contributed by atoms with Crippen molar-refractivity contribution in [3.8, 4) is 12.3 Å². The Balaban J connectivity index is 0.000000137. The number of hydrogen-bond acceptors (Lipinski definition) is 6. The zero-order valence-electron chi connectivity index (χ0n) is 30.9. The van der Waals surface area contributed by atoms with E-state index in [0.717, 1.165) is 80.6 Å². The van der Waals surface area contributed by atoms with Gasteiger partial charge in [-0.25, -0.2) is 0 Å². The lowest BCUT2D eigenvalue weighted by atomic mass is 9.46. The van der Waals surface area contributed by atoms with Crippen LogP contribution in [0.5, 0.6) is 0 Å². The highest BCUT2D eigenvalue weighted by Crippen LogP contribution is 2.72. The SMILES string of the molecule is C#C[C@]1(O)CC[C@H]2[C@@H]3CCC4=Cc5oncc5C[C@]4(C)[C@H]3CC[C@@]21C.CC(=O)[C@@]1(O)CC[C@H]2[C@@H]3C=C(Cl)C4=CC(=O)[C@@H]5C[C@@H]5[C@]4(C)[C@H]3CC[C@@]21C. The summed E-state index contributed by atoms with van der Waals surface area (Å²) < 4.78 is 5.43. The van der Waals surface area contributed by atoms with E-state index in [9.17, 15) is 19.8 Å². The molecule has 51 heavy (non-hydrogen) atoms. The van der Waals surface area contributed by atoms with Crippen molar-refractivity contribution in [2.45, 2.75) is 123 Å². The lowest BCUT2D eigenvalue weighted by Gasteiger charge is -2.58. The smallest absolute Gasteiger partial charge is 0.162 e. The molecule has 0 radical (unpaired) electrons. The topological polar surface area (TPSA) is 101 Å². The van der Waals surface area contributed by atoms with Crippen molar-refractivity contribution < 1.29 is 24.3 Å². The van der Waals surface area contributed by atoms with Gasteiger partial charge in [-0.1, -0.05) is 62.0 Å². The second kappa shape index (κ2) is 10.8. The number of carbonyl (C=O) groups excluding carboxylic acids is 2. The number of aromatic nitrogens is 1. The molecule has 0 bridgehead atoms. The van der Waals surface area contributed by atoms with Gasteiger partial charge in [-0.05, 0) is 149 Å². The molecule has 1 heterocycles. The van der Waals surface area contributed by atoms with Crippen LogP contribution in [0.25, 0.3) is 6.08 Å². The summed E-state index contributed by atoms with van der Waals surface area (Å²) in [5.41, 5.74) is 1.42. The van der Waals surface area contributed by atoms with Crippen molar-refractivity contribution in [2.75, 3.05) is 0 Å². The Hall–Kier alpha value is -2.46. The Morgan fingerprint density at radius 3 is 2.39 bits per heavy atom. The minimum atomic E-state index is -1.20. The number of allylic oxidation sites excluding steroid dienone is 5. The summed E-state index contributed by atoms with van der Waals surface area (Å²) >= 11 is 6.73. The highest BCUT2D eigenvalue weighted by Gasteiger charge is 2.69. The van der Waals surface area contributed by atoms with Crippen LogP contribution in [0.2, 0.25) is 0 Å². The first-order valence-corrected chi connectivity index (χ1v) is 20.2. The third kappa shape index (κ3) is 4.24. The lowest BCUT2D eigenvalue weighted by molar-refractivity contribution is -0.157. The molecule has 7 heteroatoms. The highest BCUT2D eigenvalue weighted by atomic mass is 35.5. The van der Waals surface area contributed by atoms with E-state index in [4.69, 9.17) is 22.5 Å². The molecule has 14 atom stereocenters. The van der Waals surface area contributed by atoms with Gasteiger partial charge >= 0.3 is 0 Å². The van der Waals surface area contributed by atoms with Gasteiger partial charge in [0, 0.05) is 32.8 Å². The van der Waals surface area contributed by atoms with Gasteiger partial charge in [0.15, 0.2) is 17.3 Å². The number of terminal acetylenes is 1. The van der Waals surface area contributed by atoms with Crippen molar-refractivity contribution in [1.82, 2.24) is 5.16 Å². The third-order valence-corrected chi connectivity index (χ3v) is 18.2. The summed E-state index contributed by atoms with van der Waals surface area (Å²) in [6.45, 7) is 10.7. The summed E-state index contributed by atoms with van der Waals surface area (Å²) in [5.74, 6) is 7.41. The number of hydrogen-bond donors (Lipinski definition) is 2. The van der Waals surface area contributed by atoms with Crippen molar-refractivity contribution >= 4 is 29.2 Å². The fourth-order valence-corrected chi connectivity index (χ4v) is 15.1. The number of Topliss-reactive ketones (excluding diaryl/α,β-unsaturated/α-hetero) is 1. The standard InChI is InChI=1S/C22H27ClO3.C22H27NO2/c1-11(24)22(26)7-5-14-12-9-18(23)17-10-19(25)13-8-16(13)21(17,3)15(12)4-6-20(14,22)2;1-4-22(24)10-8-18-16-6-5-15-11-19-14(13-23-25-19)12-20(15,2)17(16)7-9-21(18,22)3/h9-10,12-16,26H,4-8H2,1-3H3;1,11,13,16-18,24H,5-10,12H2,2-3H3/t12-,13+,14-,15-,16-,20-,21-,22-;16-,17+,18+,20+,21+,22+/m01/s1. The van der Waals surface area contributed by atoms with Crippen LogP contribution in [0.3, 0.4) is 0 Å². The normalized spacial score (nSPS) is 51.1. The summed E-state index contributed by atoms with van der Waals surface area (Å²) in [5, 5.41) is 27.0. The van der Waals surface area contributed by atoms with Gasteiger partial charge in [0.25, 0.3) is 0 Å². The maximum absolute atomic E-state index is 12.3. The van der Waals surface area contributed by atoms with Crippen molar-refractivity contribution in [1.29, 1.82) is 0 Å². The molecule has 6 saturated carbocycles. The molecule has 6 fully saturated rings. The van der Waals surface area contributed by atoms with Gasteiger partial charge in [-0.3, -0.25) is 9.59 Å². The fourth-order valence-electron chi connectivity index (χ4n) is 14.7. The first-order chi connectivity index (χ1) is 24.1. The molecule has 10 rings (SSSR count). The Labute approximate surface area is 307 Å². The molecule has 0 aromatic carbocycles. The van der Waals surface area contributed by atoms with E-state index in [1.165, 1.54) is 18.9 Å². The number of carbonyl (C=O) groups is 2. The summed E-state index contributed by atoms with van der Waals surface area (Å²) in [4.78, 5) is 24.6. The van der Waals surface area contributed by atoms with Gasteiger partial charge < -0.3 is 14.7 Å². The number of rotatable bonds is 1. The molecule has 0 unspecified atom stereocenters. The van der Waals surface area contributed by atoms with Crippen LogP contribution in [-0.2, 0) is 16.0 Å². The minimum Gasteiger partial charge on any atom is -0.382 e. The van der Waals surface area contributed by atoms with E-state index in [-0.39, 0.29) is 51.0 Å². The predicted octanol–water partition coefficient (Wildman–Crippen LogP) is 8.26. The fraction of sp³-hybridized carbons (Fsp3) is 0.705. The van der Waals surface area contributed by atoms with Gasteiger partial charge in [0.1, 0.15) is 11.2 Å². The molecule has 0 saturated heterocycles. The van der Waals surface area contributed by atoms with Gasteiger partial charge in [-0.2, -0.15) is 0 Å². The van der Waals surface area contributed by atoms with Crippen LogP contribution in [0.1, 0.15) is 117 Å². The zero-order valence-corrected chi connectivity index (χ0v) is 31.7. The minimum absolute atomic E-state index is 0.0344. The Bertz CT molecular complexity index is 1870. The van der Waals surface area contributed by atoms with Crippen LogP contribution in [-0.4, -0.2) is 38.1 Å². The molecule has 0 amide bonds. The van der Waals surface area contributed by atoms with Gasteiger partial charge in [0.2, 0.25) is 0 Å². The molecule has 0 spiro atoms. The molecular weight excluding hydrogens is 658 g/mol.